The molecule has 24 heavy (non-hydrogen) atoms. The number of hydrogen-bond donors (Lipinski definition) is 2. The second kappa shape index (κ2) is 8.21. The van der Waals surface area contributed by atoms with Gasteiger partial charge in [0.15, 0.2) is 6.10 Å². The molecule has 0 aliphatic heterocycles. The Morgan fingerprint density at radius 2 is 1.88 bits per heavy atom. The van der Waals surface area contributed by atoms with Gasteiger partial charge in [-0.2, -0.15) is 0 Å². The van der Waals surface area contributed by atoms with Crippen molar-refractivity contribution in [2.24, 2.45) is 0 Å². The Hall–Kier alpha value is -2.73. The van der Waals surface area contributed by atoms with Crippen LogP contribution in [0, 0.1) is 5.82 Å². The molecule has 0 unspecified atom stereocenters. The van der Waals surface area contributed by atoms with Gasteiger partial charge in [0.25, 0.3) is 5.91 Å². The molecule has 0 aliphatic rings. The van der Waals surface area contributed by atoms with E-state index in [2.05, 4.69) is 5.32 Å². The monoisotopic (exact) mass is 331 g/mol. The van der Waals surface area contributed by atoms with E-state index in [0.717, 1.165) is 0 Å². The smallest absolute Gasteiger partial charge is 0.326 e. The quantitative estimate of drug-likeness (QED) is 0.816. The molecule has 5 nitrogen and oxygen atoms in total. The van der Waals surface area contributed by atoms with Gasteiger partial charge in [-0.25, -0.2) is 9.18 Å². The van der Waals surface area contributed by atoms with Gasteiger partial charge in [-0.1, -0.05) is 42.5 Å². The lowest BCUT2D eigenvalue weighted by Gasteiger charge is -2.20. The van der Waals surface area contributed by atoms with Crippen molar-refractivity contribution in [2.45, 2.75) is 18.6 Å². The number of ether oxygens (including phenoxy) is 1. The molecule has 0 heterocycles. The molecule has 1 amide bonds. The number of hydrogen-bond acceptors (Lipinski definition) is 3. The maximum Gasteiger partial charge on any atom is 0.326 e. The summed E-state index contributed by atoms with van der Waals surface area (Å²) in [6.45, 7) is 0. The van der Waals surface area contributed by atoms with E-state index in [0.29, 0.717) is 11.1 Å². The fourth-order valence-electron chi connectivity index (χ4n) is 2.37. The van der Waals surface area contributed by atoms with Crippen molar-refractivity contribution >= 4 is 11.9 Å². The van der Waals surface area contributed by atoms with E-state index in [-0.39, 0.29) is 6.42 Å². The first-order valence-corrected chi connectivity index (χ1v) is 7.36. The molecule has 126 valence electrons. The van der Waals surface area contributed by atoms with Gasteiger partial charge in [-0.05, 0) is 23.3 Å². The van der Waals surface area contributed by atoms with Crippen molar-refractivity contribution in [1.82, 2.24) is 5.32 Å². The number of carboxylic acids is 1. The second-order valence-electron chi connectivity index (χ2n) is 5.26. The van der Waals surface area contributed by atoms with Gasteiger partial charge in [-0.15, -0.1) is 0 Å². The predicted octanol–water partition coefficient (Wildman–Crippen LogP) is 2.33. The molecule has 0 fully saturated rings. The van der Waals surface area contributed by atoms with E-state index in [4.69, 9.17) is 4.74 Å². The summed E-state index contributed by atoms with van der Waals surface area (Å²) < 4.78 is 18.4. The number of methoxy groups -OCH3 is 1. The minimum absolute atomic E-state index is 0.0238. The average molecular weight is 331 g/mol. The van der Waals surface area contributed by atoms with Crippen LogP contribution >= 0.6 is 0 Å². The van der Waals surface area contributed by atoms with E-state index < -0.39 is 29.8 Å². The lowest BCUT2D eigenvalue weighted by Crippen LogP contribution is -2.44. The maximum atomic E-state index is 13.2. The van der Waals surface area contributed by atoms with E-state index >= 15 is 0 Å². The highest BCUT2D eigenvalue weighted by Gasteiger charge is 2.26. The number of aliphatic carboxylic acids is 1. The van der Waals surface area contributed by atoms with Gasteiger partial charge in [0.2, 0.25) is 0 Å². The molecule has 0 saturated carbocycles. The molecule has 2 N–H and O–H groups in total. The summed E-state index contributed by atoms with van der Waals surface area (Å²) >= 11 is 0. The van der Waals surface area contributed by atoms with Crippen molar-refractivity contribution in [2.75, 3.05) is 7.11 Å². The number of carbonyl (C=O) groups is 2. The van der Waals surface area contributed by atoms with Crippen LogP contribution in [0.3, 0.4) is 0 Å². The number of carboxylic acid groups (broad SMARTS) is 1. The molecule has 0 radical (unpaired) electrons. The summed E-state index contributed by atoms with van der Waals surface area (Å²) in [5.41, 5.74) is 1.10. The highest BCUT2D eigenvalue weighted by Crippen LogP contribution is 2.17. The van der Waals surface area contributed by atoms with Gasteiger partial charge in [0.1, 0.15) is 11.9 Å². The summed E-state index contributed by atoms with van der Waals surface area (Å²) in [7, 11) is 1.37. The lowest BCUT2D eigenvalue weighted by atomic mass is 10.0. The lowest BCUT2D eigenvalue weighted by molar-refractivity contribution is -0.144. The number of carbonyl (C=O) groups excluding carboxylic acids is 1. The normalized spacial score (nSPS) is 13.1. The first kappa shape index (κ1) is 17.6. The third kappa shape index (κ3) is 4.63. The van der Waals surface area contributed by atoms with Crippen LogP contribution in [0.2, 0.25) is 0 Å². The van der Waals surface area contributed by atoms with Crippen molar-refractivity contribution in [3.63, 3.8) is 0 Å². The van der Waals surface area contributed by atoms with Crippen molar-refractivity contribution in [1.29, 1.82) is 0 Å². The first-order valence-electron chi connectivity index (χ1n) is 7.36. The fraction of sp³-hybridized carbons (Fsp3) is 0.222. The van der Waals surface area contributed by atoms with E-state index in [1.54, 1.807) is 36.4 Å². The molecule has 0 aromatic heterocycles. The molecule has 0 saturated heterocycles. The average Bonchev–Trinajstić information content (AvgIpc) is 2.56. The number of amides is 1. The first-order chi connectivity index (χ1) is 11.5. The van der Waals surface area contributed by atoms with Crippen LogP contribution in [0.25, 0.3) is 0 Å². The van der Waals surface area contributed by atoms with Crippen molar-refractivity contribution in [3.05, 3.63) is 71.5 Å². The Kier molecular flexibility index (Phi) is 6.03. The predicted molar refractivity (Wildman–Crippen MR) is 85.9 cm³/mol. The Balaban J connectivity index is 2.11. The van der Waals surface area contributed by atoms with Crippen LogP contribution in [0.4, 0.5) is 4.39 Å². The number of benzene rings is 2. The molecular formula is C18H18FNO4. The largest absolute Gasteiger partial charge is 0.480 e. The zero-order valence-corrected chi connectivity index (χ0v) is 13.1. The van der Waals surface area contributed by atoms with Gasteiger partial charge >= 0.3 is 5.97 Å². The highest BCUT2D eigenvalue weighted by molar-refractivity contribution is 5.87. The molecule has 2 aromatic rings. The van der Waals surface area contributed by atoms with E-state index in [9.17, 15) is 19.1 Å². The standard InChI is InChI=1S/C18H18FNO4/c1-24-16(13-7-3-2-4-8-13)17(21)20-15(18(22)23)11-12-6-5-9-14(19)10-12/h2-10,15-16H,11H2,1H3,(H,20,21)(H,22,23)/t15-,16-/m0/s1. The summed E-state index contributed by atoms with van der Waals surface area (Å²) in [5.74, 6) is -2.22. The Labute approximate surface area is 139 Å². The summed E-state index contributed by atoms with van der Waals surface area (Å²) in [5, 5.41) is 11.8. The van der Waals surface area contributed by atoms with E-state index in [1.807, 2.05) is 0 Å². The zero-order chi connectivity index (χ0) is 17.5. The molecule has 0 spiro atoms. The summed E-state index contributed by atoms with van der Waals surface area (Å²) in [4.78, 5) is 23.8. The third-order valence-electron chi connectivity index (χ3n) is 3.52. The summed E-state index contributed by atoms with van der Waals surface area (Å²) in [6.07, 6.45) is -0.940. The molecular weight excluding hydrogens is 313 g/mol. The number of halogens is 1. The van der Waals surface area contributed by atoms with Crippen molar-refractivity contribution < 1.29 is 23.8 Å². The Morgan fingerprint density at radius 3 is 2.46 bits per heavy atom. The molecule has 2 atom stereocenters. The van der Waals surface area contributed by atoms with Gasteiger partial charge in [0.05, 0.1) is 0 Å². The molecule has 2 rings (SSSR count). The third-order valence-corrected chi connectivity index (χ3v) is 3.52. The molecule has 0 aliphatic carbocycles. The van der Waals surface area contributed by atoms with Gasteiger partial charge in [0, 0.05) is 13.5 Å². The van der Waals surface area contributed by atoms with Crippen LogP contribution in [-0.4, -0.2) is 30.1 Å². The van der Waals surface area contributed by atoms with Crippen LogP contribution in [0.5, 0.6) is 0 Å². The topological polar surface area (TPSA) is 75.6 Å². The molecule has 6 heteroatoms. The van der Waals surface area contributed by atoms with Crippen LogP contribution in [0.15, 0.2) is 54.6 Å². The number of rotatable bonds is 7. The Morgan fingerprint density at radius 1 is 1.17 bits per heavy atom. The second-order valence-corrected chi connectivity index (χ2v) is 5.26. The van der Waals surface area contributed by atoms with Crippen LogP contribution in [0.1, 0.15) is 17.2 Å². The van der Waals surface area contributed by atoms with Crippen LogP contribution in [-0.2, 0) is 20.7 Å². The van der Waals surface area contributed by atoms with Gasteiger partial charge < -0.3 is 15.2 Å². The van der Waals surface area contributed by atoms with E-state index in [1.165, 1.54) is 25.3 Å². The van der Waals surface area contributed by atoms with Gasteiger partial charge in [-0.3, -0.25) is 4.79 Å². The van der Waals surface area contributed by atoms with Crippen molar-refractivity contribution in [3.8, 4) is 0 Å². The molecule has 0 bridgehead atoms. The minimum atomic E-state index is -1.20. The fourth-order valence-corrected chi connectivity index (χ4v) is 2.37. The Bertz CT molecular complexity index is 705. The number of nitrogens with one attached hydrogen (secondary N) is 1. The summed E-state index contributed by atoms with van der Waals surface area (Å²) in [6, 6.07) is 13.2. The SMILES string of the molecule is CO[C@H](C(=O)N[C@@H](Cc1cccc(F)c1)C(=O)O)c1ccccc1. The highest BCUT2D eigenvalue weighted by atomic mass is 19.1. The molecule has 2 aromatic carbocycles. The maximum absolute atomic E-state index is 13.2. The minimum Gasteiger partial charge on any atom is -0.480 e. The zero-order valence-electron chi connectivity index (χ0n) is 13.1. The van der Waals surface area contributed by atoms with Crippen LogP contribution < -0.4 is 5.32 Å².